The van der Waals surface area contributed by atoms with Gasteiger partial charge in [0.25, 0.3) is 0 Å². The summed E-state index contributed by atoms with van der Waals surface area (Å²) in [6.07, 6.45) is -0.237. The van der Waals surface area contributed by atoms with Crippen molar-refractivity contribution in [3.05, 3.63) is 59.7 Å². The molecule has 0 saturated heterocycles. The summed E-state index contributed by atoms with van der Waals surface area (Å²) >= 11 is 0. The number of esters is 1. The van der Waals surface area contributed by atoms with E-state index in [2.05, 4.69) is 22.8 Å². The van der Waals surface area contributed by atoms with Crippen molar-refractivity contribution in [2.75, 3.05) is 20.3 Å². The number of hydrogen-bond acceptors (Lipinski definition) is 5. The number of halogens is 1. The summed E-state index contributed by atoms with van der Waals surface area (Å²) in [4.78, 5) is 36.2. The summed E-state index contributed by atoms with van der Waals surface area (Å²) in [6, 6.07) is 15.4. The fraction of sp³-hybridized carbons (Fsp3) is 0.375. The molecular formula is C24H29ClN2O5. The van der Waals surface area contributed by atoms with Gasteiger partial charge in [0.2, 0.25) is 5.91 Å². The van der Waals surface area contributed by atoms with E-state index in [1.165, 1.54) is 7.11 Å². The molecule has 0 saturated carbocycles. The topological polar surface area (TPSA) is 93.7 Å². The molecule has 1 aliphatic carbocycles. The van der Waals surface area contributed by atoms with Crippen LogP contribution in [0.15, 0.2) is 48.5 Å². The molecule has 3 rings (SSSR count). The van der Waals surface area contributed by atoms with Crippen LogP contribution in [-0.2, 0) is 19.1 Å². The quantitative estimate of drug-likeness (QED) is 0.586. The van der Waals surface area contributed by atoms with E-state index in [4.69, 9.17) is 9.47 Å². The van der Waals surface area contributed by atoms with E-state index < -0.39 is 24.0 Å². The van der Waals surface area contributed by atoms with Gasteiger partial charge in [0.05, 0.1) is 7.11 Å². The first-order chi connectivity index (χ1) is 14.9. The molecule has 0 radical (unpaired) electrons. The van der Waals surface area contributed by atoms with Gasteiger partial charge < -0.3 is 20.1 Å². The molecule has 2 amide bonds. The van der Waals surface area contributed by atoms with Crippen molar-refractivity contribution in [1.29, 1.82) is 0 Å². The van der Waals surface area contributed by atoms with Gasteiger partial charge in [-0.05, 0) is 34.6 Å². The van der Waals surface area contributed by atoms with Gasteiger partial charge >= 0.3 is 12.1 Å². The zero-order chi connectivity index (χ0) is 22.4. The summed E-state index contributed by atoms with van der Waals surface area (Å²) in [7, 11) is 1.27. The Hall–Kier alpha value is -3.06. The number of methoxy groups -OCH3 is 1. The van der Waals surface area contributed by atoms with Crippen LogP contribution in [0.1, 0.15) is 37.3 Å². The van der Waals surface area contributed by atoms with E-state index in [0.717, 1.165) is 22.3 Å². The first-order valence-electron chi connectivity index (χ1n) is 10.4. The van der Waals surface area contributed by atoms with Crippen LogP contribution in [0.3, 0.4) is 0 Å². The van der Waals surface area contributed by atoms with Gasteiger partial charge in [-0.1, -0.05) is 62.4 Å². The van der Waals surface area contributed by atoms with Crippen molar-refractivity contribution in [1.82, 2.24) is 10.6 Å². The van der Waals surface area contributed by atoms with Crippen LogP contribution < -0.4 is 10.6 Å². The SMILES string of the molecule is COC(=O)[C@H](CC(C)C)NC(=O)CNC(=O)OCC1c2ccccc2-c2ccccc21.Cl. The van der Waals surface area contributed by atoms with Gasteiger partial charge in [-0.3, -0.25) is 4.79 Å². The van der Waals surface area contributed by atoms with E-state index in [9.17, 15) is 14.4 Å². The minimum absolute atomic E-state index is 0. The van der Waals surface area contributed by atoms with Crippen molar-refractivity contribution >= 4 is 30.4 Å². The molecule has 7 nitrogen and oxygen atoms in total. The zero-order valence-electron chi connectivity index (χ0n) is 18.4. The van der Waals surface area contributed by atoms with Crippen LogP contribution in [0.4, 0.5) is 4.79 Å². The summed E-state index contributed by atoms with van der Waals surface area (Å²) in [5.41, 5.74) is 4.52. The molecule has 2 aromatic rings. The number of carbonyl (C=O) groups is 3. The maximum absolute atomic E-state index is 12.2. The lowest BCUT2D eigenvalue weighted by Gasteiger charge is -2.18. The highest BCUT2D eigenvalue weighted by molar-refractivity contribution is 5.87. The van der Waals surface area contributed by atoms with Crippen molar-refractivity contribution in [3.63, 3.8) is 0 Å². The number of carbonyl (C=O) groups excluding carboxylic acids is 3. The third-order valence-electron chi connectivity index (χ3n) is 5.26. The Morgan fingerprint density at radius 1 is 0.969 bits per heavy atom. The molecule has 32 heavy (non-hydrogen) atoms. The number of fused-ring (bicyclic) bond motifs is 3. The van der Waals surface area contributed by atoms with Gasteiger partial charge in [0.15, 0.2) is 0 Å². The number of alkyl carbamates (subject to hydrolysis) is 1. The molecule has 8 heteroatoms. The molecule has 0 bridgehead atoms. The molecule has 2 aromatic carbocycles. The molecule has 0 unspecified atom stereocenters. The Morgan fingerprint density at radius 2 is 1.53 bits per heavy atom. The molecule has 1 atom stereocenters. The predicted molar refractivity (Wildman–Crippen MR) is 124 cm³/mol. The Kier molecular flexibility index (Phi) is 9.08. The molecular weight excluding hydrogens is 432 g/mol. The zero-order valence-corrected chi connectivity index (χ0v) is 19.2. The monoisotopic (exact) mass is 460 g/mol. The minimum Gasteiger partial charge on any atom is -0.467 e. The molecule has 0 heterocycles. The second kappa shape index (κ2) is 11.5. The van der Waals surface area contributed by atoms with Crippen LogP contribution in [0.5, 0.6) is 0 Å². The van der Waals surface area contributed by atoms with Gasteiger partial charge in [-0.15, -0.1) is 12.4 Å². The molecule has 1 aliphatic rings. The fourth-order valence-electron chi connectivity index (χ4n) is 3.87. The van der Waals surface area contributed by atoms with E-state index in [-0.39, 0.29) is 37.4 Å². The van der Waals surface area contributed by atoms with E-state index in [0.29, 0.717) is 6.42 Å². The van der Waals surface area contributed by atoms with Crippen LogP contribution in [-0.4, -0.2) is 44.3 Å². The molecule has 0 aromatic heterocycles. The molecule has 0 fully saturated rings. The van der Waals surface area contributed by atoms with Crippen molar-refractivity contribution < 1.29 is 23.9 Å². The Labute approximate surface area is 194 Å². The van der Waals surface area contributed by atoms with Crippen LogP contribution in [0.2, 0.25) is 0 Å². The lowest BCUT2D eigenvalue weighted by atomic mass is 9.98. The average molecular weight is 461 g/mol. The van der Waals surface area contributed by atoms with Crippen LogP contribution in [0.25, 0.3) is 11.1 Å². The molecule has 0 aliphatic heterocycles. The van der Waals surface area contributed by atoms with Crippen molar-refractivity contribution in [2.24, 2.45) is 5.92 Å². The maximum Gasteiger partial charge on any atom is 0.407 e. The Morgan fingerprint density at radius 3 is 2.06 bits per heavy atom. The highest BCUT2D eigenvalue weighted by Gasteiger charge is 2.29. The first kappa shape index (κ1) is 25.2. The van der Waals surface area contributed by atoms with Gasteiger partial charge in [0.1, 0.15) is 19.2 Å². The summed E-state index contributed by atoms with van der Waals surface area (Å²) in [6.45, 7) is 3.76. The van der Waals surface area contributed by atoms with Crippen molar-refractivity contribution in [3.8, 4) is 11.1 Å². The lowest BCUT2D eigenvalue weighted by Crippen LogP contribution is -2.46. The van der Waals surface area contributed by atoms with Crippen LogP contribution >= 0.6 is 12.4 Å². The largest absolute Gasteiger partial charge is 0.467 e. The van der Waals surface area contributed by atoms with E-state index >= 15 is 0 Å². The minimum atomic E-state index is -0.748. The standard InChI is InChI=1S/C24H28N2O5.ClH/c1-15(2)12-21(23(28)30-3)26-22(27)13-25-24(29)31-14-20-18-10-6-4-8-16(18)17-9-5-7-11-19(17)20;/h4-11,15,20-21H,12-14H2,1-3H3,(H,25,29)(H,26,27);1H/t21-;/m0./s1. The number of amides is 2. The fourth-order valence-corrected chi connectivity index (χ4v) is 3.87. The van der Waals surface area contributed by atoms with E-state index in [1.807, 2.05) is 50.2 Å². The maximum atomic E-state index is 12.2. The van der Waals surface area contributed by atoms with E-state index in [1.54, 1.807) is 0 Å². The third kappa shape index (κ3) is 6.01. The number of rotatable bonds is 8. The van der Waals surface area contributed by atoms with Gasteiger partial charge in [-0.2, -0.15) is 0 Å². The Balaban J connectivity index is 0.00000363. The lowest BCUT2D eigenvalue weighted by molar-refractivity contribution is -0.145. The van der Waals surface area contributed by atoms with Gasteiger partial charge in [0, 0.05) is 5.92 Å². The van der Waals surface area contributed by atoms with Crippen LogP contribution in [0, 0.1) is 5.92 Å². The molecule has 172 valence electrons. The van der Waals surface area contributed by atoms with Gasteiger partial charge in [-0.25, -0.2) is 9.59 Å². The summed E-state index contributed by atoms with van der Waals surface area (Å²) in [5, 5.41) is 5.04. The second-order valence-corrected chi connectivity index (χ2v) is 7.95. The number of hydrogen-bond donors (Lipinski definition) is 2. The highest BCUT2D eigenvalue weighted by Crippen LogP contribution is 2.44. The molecule has 2 N–H and O–H groups in total. The normalized spacial score (nSPS) is 12.8. The number of nitrogens with one attached hydrogen (secondary N) is 2. The Bertz CT molecular complexity index is 917. The summed E-state index contributed by atoms with van der Waals surface area (Å²) < 4.78 is 10.1. The third-order valence-corrected chi connectivity index (χ3v) is 5.26. The number of benzene rings is 2. The summed E-state index contributed by atoms with van der Waals surface area (Å²) in [5.74, 6) is -0.853. The predicted octanol–water partition coefficient (Wildman–Crippen LogP) is 3.65. The average Bonchev–Trinajstić information content (AvgIpc) is 3.08. The highest BCUT2D eigenvalue weighted by atomic mass is 35.5. The number of ether oxygens (including phenoxy) is 2. The van der Waals surface area contributed by atoms with Crippen molar-refractivity contribution in [2.45, 2.75) is 32.2 Å². The molecule has 0 spiro atoms. The first-order valence-corrected chi connectivity index (χ1v) is 10.4. The second-order valence-electron chi connectivity index (χ2n) is 7.95. The smallest absolute Gasteiger partial charge is 0.407 e.